The van der Waals surface area contributed by atoms with E-state index in [1.54, 1.807) is 22.8 Å². The number of halogens is 1. The maximum Gasteiger partial charge on any atom is 0.261 e. The molecule has 5 heteroatoms. The zero-order chi connectivity index (χ0) is 19.0. The number of rotatable bonds is 4. The fourth-order valence-electron chi connectivity index (χ4n) is 3.70. The van der Waals surface area contributed by atoms with Crippen LogP contribution in [0.1, 0.15) is 31.7 Å². The molecule has 1 aromatic heterocycles. The average Bonchev–Trinajstić information content (AvgIpc) is 3.07. The average molecular weight is 380 g/mol. The molecule has 0 fully saturated rings. The van der Waals surface area contributed by atoms with Crippen LogP contribution in [-0.2, 0) is 6.54 Å². The minimum atomic E-state index is 0.00643. The quantitative estimate of drug-likeness (QED) is 0.651. The van der Waals surface area contributed by atoms with Crippen LogP contribution in [0.25, 0.3) is 22.6 Å². The third-order valence-electron chi connectivity index (χ3n) is 5.17. The van der Waals surface area contributed by atoms with Gasteiger partial charge in [0.1, 0.15) is 5.82 Å². The number of nitrogens with zero attached hydrogens (tertiary/aromatic N) is 3. The first-order valence-electron chi connectivity index (χ1n) is 9.36. The number of fused-ring (bicyclic) bond motifs is 2. The van der Waals surface area contributed by atoms with Gasteiger partial charge in [-0.25, -0.2) is 4.98 Å². The van der Waals surface area contributed by atoms with Crippen molar-refractivity contribution in [2.75, 3.05) is 18.0 Å². The molecule has 0 bridgehead atoms. The third kappa shape index (κ3) is 3.26. The first-order valence-corrected chi connectivity index (χ1v) is 9.74. The van der Waals surface area contributed by atoms with Gasteiger partial charge in [0.2, 0.25) is 0 Å². The van der Waals surface area contributed by atoms with Crippen LogP contribution in [0.5, 0.6) is 0 Å². The first kappa shape index (κ1) is 17.8. The van der Waals surface area contributed by atoms with Crippen molar-refractivity contribution < 1.29 is 0 Å². The van der Waals surface area contributed by atoms with Crippen LogP contribution < -0.4 is 10.5 Å². The van der Waals surface area contributed by atoms with E-state index < -0.39 is 0 Å². The number of allylic oxidation sites excluding steroid dienone is 1. The van der Waals surface area contributed by atoms with Gasteiger partial charge in [-0.3, -0.25) is 9.36 Å². The maximum atomic E-state index is 12.8. The molecular formula is C22H22ClN3O. The highest BCUT2D eigenvalue weighted by Crippen LogP contribution is 2.28. The minimum absolute atomic E-state index is 0.00643. The van der Waals surface area contributed by atoms with Crippen molar-refractivity contribution in [1.82, 2.24) is 9.55 Å². The van der Waals surface area contributed by atoms with Crippen molar-refractivity contribution in [1.29, 1.82) is 0 Å². The lowest BCUT2D eigenvalue weighted by atomic mass is 10.1. The SMILES string of the molecule is CCN(CC)c1ccc(/C=C2\CCn3c2nc2cc(Cl)ccc2c3=O)cc1. The molecule has 138 valence electrons. The van der Waals surface area contributed by atoms with Gasteiger partial charge in [0.25, 0.3) is 5.56 Å². The highest BCUT2D eigenvalue weighted by molar-refractivity contribution is 6.31. The summed E-state index contributed by atoms with van der Waals surface area (Å²) in [4.78, 5) is 19.8. The molecule has 3 aromatic rings. The molecule has 0 saturated carbocycles. The van der Waals surface area contributed by atoms with E-state index >= 15 is 0 Å². The highest BCUT2D eigenvalue weighted by atomic mass is 35.5. The summed E-state index contributed by atoms with van der Waals surface area (Å²) in [6, 6.07) is 13.8. The number of hydrogen-bond acceptors (Lipinski definition) is 3. The van der Waals surface area contributed by atoms with Crippen LogP contribution in [-0.4, -0.2) is 22.6 Å². The largest absolute Gasteiger partial charge is 0.372 e. The smallest absolute Gasteiger partial charge is 0.261 e. The van der Waals surface area contributed by atoms with E-state index in [1.165, 1.54) is 5.69 Å². The second kappa shape index (κ2) is 7.20. The number of benzene rings is 2. The van der Waals surface area contributed by atoms with Crippen molar-refractivity contribution >= 4 is 39.8 Å². The Morgan fingerprint density at radius 3 is 2.59 bits per heavy atom. The van der Waals surface area contributed by atoms with Gasteiger partial charge >= 0.3 is 0 Å². The summed E-state index contributed by atoms with van der Waals surface area (Å²) in [7, 11) is 0. The molecule has 4 rings (SSSR count). The lowest BCUT2D eigenvalue weighted by Gasteiger charge is -2.20. The van der Waals surface area contributed by atoms with Gasteiger partial charge in [-0.2, -0.15) is 0 Å². The van der Waals surface area contributed by atoms with Gasteiger partial charge in [0.15, 0.2) is 0 Å². The van der Waals surface area contributed by atoms with Crippen molar-refractivity contribution in [3.05, 3.63) is 69.2 Å². The molecule has 2 heterocycles. The molecule has 0 saturated heterocycles. The fourth-order valence-corrected chi connectivity index (χ4v) is 3.87. The molecule has 2 aromatic carbocycles. The molecule has 4 nitrogen and oxygen atoms in total. The predicted molar refractivity (Wildman–Crippen MR) is 114 cm³/mol. The molecular weight excluding hydrogens is 358 g/mol. The third-order valence-corrected chi connectivity index (χ3v) is 5.41. The van der Waals surface area contributed by atoms with Gasteiger partial charge in [0.05, 0.1) is 10.9 Å². The van der Waals surface area contributed by atoms with Gasteiger partial charge in [-0.05, 0) is 67.8 Å². The molecule has 0 N–H and O–H groups in total. The summed E-state index contributed by atoms with van der Waals surface area (Å²) in [5, 5.41) is 1.21. The van der Waals surface area contributed by atoms with Crippen LogP contribution in [0.3, 0.4) is 0 Å². The van der Waals surface area contributed by atoms with Gasteiger partial charge in [-0.1, -0.05) is 23.7 Å². The maximum absolute atomic E-state index is 12.8. The van der Waals surface area contributed by atoms with Crippen LogP contribution in [0.15, 0.2) is 47.3 Å². The molecule has 0 spiro atoms. The van der Waals surface area contributed by atoms with Crippen LogP contribution in [0.4, 0.5) is 5.69 Å². The standard InChI is InChI=1S/C22H22ClN3O/c1-3-25(4-2)18-8-5-15(6-9-18)13-16-11-12-26-21(16)24-20-14-17(23)7-10-19(20)22(26)27/h5-10,13-14H,3-4,11-12H2,1-2H3/b16-13+. The topological polar surface area (TPSA) is 38.1 Å². The van der Waals surface area contributed by atoms with Gasteiger partial charge < -0.3 is 4.90 Å². The first-order chi connectivity index (χ1) is 13.1. The summed E-state index contributed by atoms with van der Waals surface area (Å²) < 4.78 is 1.77. The Morgan fingerprint density at radius 2 is 1.89 bits per heavy atom. The van der Waals surface area contributed by atoms with E-state index in [1.807, 2.05) is 0 Å². The Kier molecular flexibility index (Phi) is 4.75. The van der Waals surface area contributed by atoms with Crippen molar-refractivity contribution in [3.8, 4) is 0 Å². The monoisotopic (exact) mass is 379 g/mol. The molecule has 0 aliphatic carbocycles. The summed E-state index contributed by atoms with van der Waals surface area (Å²) in [6.45, 7) is 6.98. The number of aromatic nitrogens is 2. The Hall–Kier alpha value is -2.59. The van der Waals surface area contributed by atoms with E-state index in [4.69, 9.17) is 16.6 Å². The Labute approximate surface area is 163 Å². The predicted octanol–water partition coefficient (Wildman–Crippen LogP) is 4.84. The van der Waals surface area contributed by atoms with Crippen LogP contribution in [0.2, 0.25) is 5.02 Å². The van der Waals surface area contributed by atoms with Crippen LogP contribution >= 0.6 is 11.6 Å². The molecule has 27 heavy (non-hydrogen) atoms. The molecule has 1 aliphatic rings. The Bertz CT molecular complexity index is 1080. The van der Waals surface area contributed by atoms with E-state index in [-0.39, 0.29) is 5.56 Å². The minimum Gasteiger partial charge on any atom is -0.372 e. The summed E-state index contributed by atoms with van der Waals surface area (Å²) in [6.07, 6.45) is 2.94. The van der Waals surface area contributed by atoms with Crippen LogP contribution in [0, 0.1) is 0 Å². The molecule has 0 atom stereocenters. The Morgan fingerprint density at radius 1 is 1.15 bits per heavy atom. The summed E-state index contributed by atoms with van der Waals surface area (Å²) >= 11 is 6.08. The number of anilines is 1. The Balaban J connectivity index is 1.73. The molecule has 1 aliphatic heterocycles. The van der Waals surface area contributed by atoms with E-state index in [0.717, 1.165) is 36.5 Å². The summed E-state index contributed by atoms with van der Waals surface area (Å²) in [5.41, 5.74) is 4.10. The van der Waals surface area contributed by atoms with E-state index in [2.05, 4.69) is 49.1 Å². The normalized spacial score (nSPS) is 14.7. The summed E-state index contributed by atoms with van der Waals surface area (Å²) in [5.74, 6) is 0.752. The van der Waals surface area contributed by atoms with Crippen molar-refractivity contribution in [2.45, 2.75) is 26.8 Å². The lowest BCUT2D eigenvalue weighted by Crippen LogP contribution is -2.21. The number of hydrogen-bond donors (Lipinski definition) is 0. The highest BCUT2D eigenvalue weighted by Gasteiger charge is 2.20. The zero-order valence-corrected chi connectivity index (χ0v) is 16.3. The van der Waals surface area contributed by atoms with Crippen molar-refractivity contribution in [3.63, 3.8) is 0 Å². The van der Waals surface area contributed by atoms with E-state index in [9.17, 15) is 4.79 Å². The molecule has 0 amide bonds. The molecule has 0 radical (unpaired) electrons. The molecule has 0 unspecified atom stereocenters. The zero-order valence-electron chi connectivity index (χ0n) is 15.6. The second-order valence-electron chi connectivity index (χ2n) is 6.74. The second-order valence-corrected chi connectivity index (χ2v) is 7.17. The fraction of sp³-hybridized carbons (Fsp3) is 0.273. The van der Waals surface area contributed by atoms with Gasteiger partial charge in [-0.15, -0.1) is 0 Å². The van der Waals surface area contributed by atoms with Gasteiger partial charge in [0, 0.05) is 30.3 Å². The van der Waals surface area contributed by atoms with E-state index in [0.29, 0.717) is 22.5 Å². The lowest BCUT2D eigenvalue weighted by molar-refractivity contribution is 0.725. The van der Waals surface area contributed by atoms with Crippen molar-refractivity contribution in [2.24, 2.45) is 0 Å².